The number of hydrogen-bond acceptors (Lipinski definition) is 3. The monoisotopic (exact) mass is 263 g/mol. The highest BCUT2D eigenvalue weighted by Crippen LogP contribution is 2.25. The minimum Gasteiger partial charge on any atom is -0.480 e. The summed E-state index contributed by atoms with van der Waals surface area (Å²) in [5, 5.41) is 18.7. The zero-order chi connectivity index (χ0) is 14.0. The second kappa shape index (κ2) is 5.40. The molecule has 0 aromatic heterocycles. The standard InChI is InChI=1S/C14H17NO4/c1-9(10-5-3-2-4-6-10)13(17)15-8-11(16)7-12(15)14(18)19/h2-6,9,11-12,16H,7-8H2,1H3,(H,18,19)/t9?,11-,12-/m1/s1. The highest BCUT2D eigenvalue weighted by atomic mass is 16.4. The van der Waals surface area contributed by atoms with Gasteiger partial charge in [-0.3, -0.25) is 4.79 Å². The van der Waals surface area contributed by atoms with Crippen molar-refractivity contribution in [3.63, 3.8) is 0 Å². The quantitative estimate of drug-likeness (QED) is 0.847. The normalized spacial score (nSPS) is 24.2. The van der Waals surface area contributed by atoms with Crippen molar-refractivity contribution in [1.82, 2.24) is 4.90 Å². The first-order valence-corrected chi connectivity index (χ1v) is 6.27. The van der Waals surface area contributed by atoms with Crippen LogP contribution in [0.4, 0.5) is 0 Å². The molecule has 1 aliphatic heterocycles. The van der Waals surface area contributed by atoms with Crippen LogP contribution in [-0.4, -0.2) is 45.7 Å². The van der Waals surface area contributed by atoms with Crippen molar-refractivity contribution < 1.29 is 19.8 Å². The van der Waals surface area contributed by atoms with Crippen molar-refractivity contribution in [2.24, 2.45) is 0 Å². The van der Waals surface area contributed by atoms with Gasteiger partial charge in [0.05, 0.1) is 12.0 Å². The van der Waals surface area contributed by atoms with Gasteiger partial charge in [-0.2, -0.15) is 0 Å². The van der Waals surface area contributed by atoms with Gasteiger partial charge in [-0.05, 0) is 12.5 Å². The molecular weight excluding hydrogens is 246 g/mol. The Labute approximate surface area is 111 Å². The lowest BCUT2D eigenvalue weighted by atomic mass is 9.99. The second-order valence-electron chi connectivity index (χ2n) is 4.87. The predicted molar refractivity (Wildman–Crippen MR) is 68.6 cm³/mol. The molecule has 0 saturated carbocycles. The minimum absolute atomic E-state index is 0.0903. The van der Waals surface area contributed by atoms with Gasteiger partial charge in [0.2, 0.25) is 5.91 Å². The van der Waals surface area contributed by atoms with Crippen LogP contribution in [0.5, 0.6) is 0 Å². The molecule has 0 bridgehead atoms. The Morgan fingerprint density at radius 3 is 2.53 bits per heavy atom. The third-order valence-electron chi connectivity index (χ3n) is 3.52. The van der Waals surface area contributed by atoms with E-state index in [-0.39, 0.29) is 18.9 Å². The van der Waals surface area contributed by atoms with Gasteiger partial charge in [-0.15, -0.1) is 0 Å². The Balaban J connectivity index is 2.17. The van der Waals surface area contributed by atoms with Crippen LogP contribution in [0.25, 0.3) is 0 Å². The van der Waals surface area contributed by atoms with E-state index >= 15 is 0 Å². The van der Waals surface area contributed by atoms with Gasteiger partial charge < -0.3 is 15.1 Å². The summed E-state index contributed by atoms with van der Waals surface area (Å²) in [6, 6.07) is 8.30. The molecule has 0 aliphatic carbocycles. The first kappa shape index (κ1) is 13.5. The van der Waals surface area contributed by atoms with E-state index < -0.39 is 24.0 Å². The molecule has 1 aromatic rings. The van der Waals surface area contributed by atoms with E-state index in [4.69, 9.17) is 5.11 Å². The highest BCUT2D eigenvalue weighted by molar-refractivity contribution is 5.88. The van der Waals surface area contributed by atoms with Crippen molar-refractivity contribution in [3.05, 3.63) is 35.9 Å². The van der Waals surface area contributed by atoms with Gasteiger partial charge in [0.15, 0.2) is 0 Å². The maximum absolute atomic E-state index is 12.4. The van der Waals surface area contributed by atoms with E-state index in [1.807, 2.05) is 30.3 Å². The average Bonchev–Trinajstić information content (AvgIpc) is 2.80. The van der Waals surface area contributed by atoms with Gasteiger partial charge in [-0.1, -0.05) is 30.3 Å². The number of rotatable bonds is 3. The van der Waals surface area contributed by atoms with Gasteiger partial charge >= 0.3 is 5.97 Å². The summed E-state index contributed by atoms with van der Waals surface area (Å²) in [7, 11) is 0. The fourth-order valence-electron chi connectivity index (χ4n) is 2.42. The molecule has 5 nitrogen and oxygen atoms in total. The van der Waals surface area contributed by atoms with Crippen molar-refractivity contribution in [3.8, 4) is 0 Å². The van der Waals surface area contributed by atoms with E-state index in [1.165, 1.54) is 4.90 Å². The number of likely N-dealkylation sites (tertiary alicyclic amines) is 1. The van der Waals surface area contributed by atoms with Crippen LogP contribution >= 0.6 is 0 Å². The van der Waals surface area contributed by atoms with Crippen LogP contribution in [0.1, 0.15) is 24.8 Å². The third kappa shape index (κ3) is 2.76. The summed E-state index contributed by atoms with van der Waals surface area (Å²) in [4.78, 5) is 24.7. The number of carboxylic acids is 1. The SMILES string of the molecule is CC(C(=O)N1C[C@H](O)C[C@@H]1C(=O)O)c1ccccc1. The van der Waals surface area contributed by atoms with Crippen molar-refractivity contribution in [1.29, 1.82) is 0 Å². The molecule has 2 rings (SSSR count). The molecule has 1 heterocycles. The van der Waals surface area contributed by atoms with E-state index in [2.05, 4.69) is 0 Å². The molecule has 1 aromatic carbocycles. The smallest absolute Gasteiger partial charge is 0.326 e. The molecule has 1 amide bonds. The molecule has 1 aliphatic rings. The molecule has 102 valence electrons. The molecule has 3 atom stereocenters. The number of aliphatic hydroxyl groups is 1. The number of benzene rings is 1. The molecule has 19 heavy (non-hydrogen) atoms. The van der Waals surface area contributed by atoms with E-state index in [1.54, 1.807) is 6.92 Å². The van der Waals surface area contributed by atoms with Crippen LogP contribution in [0.15, 0.2) is 30.3 Å². The number of nitrogens with zero attached hydrogens (tertiary/aromatic N) is 1. The summed E-state index contributed by atoms with van der Waals surface area (Å²) >= 11 is 0. The topological polar surface area (TPSA) is 77.8 Å². The number of aliphatic carboxylic acids is 1. The molecule has 0 radical (unpaired) electrons. The van der Waals surface area contributed by atoms with Crippen molar-refractivity contribution in [2.75, 3.05) is 6.54 Å². The number of β-amino-alcohol motifs (C(OH)–C–C–N with tert-alkyl or cyclic N) is 1. The number of aliphatic hydroxyl groups excluding tert-OH is 1. The molecule has 5 heteroatoms. The Bertz CT molecular complexity index is 474. The number of carbonyl (C=O) groups is 2. The van der Waals surface area contributed by atoms with Gasteiger partial charge in [0, 0.05) is 13.0 Å². The van der Waals surface area contributed by atoms with Gasteiger partial charge in [0.1, 0.15) is 6.04 Å². The van der Waals surface area contributed by atoms with Crippen LogP contribution in [-0.2, 0) is 9.59 Å². The average molecular weight is 263 g/mol. The molecular formula is C14H17NO4. The first-order chi connectivity index (χ1) is 9.00. The lowest BCUT2D eigenvalue weighted by molar-refractivity contribution is -0.148. The Kier molecular flexibility index (Phi) is 3.85. The lowest BCUT2D eigenvalue weighted by Gasteiger charge is -2.24. The number of hydrogen-bond donors (Lipinski definition) is 2. The molecule has 0 spiro atoms. The Morgan fingerprint density at radius 1 is 1.32 bits per heavy atom. The molecule has 1 fully saturated rings. The van der Waals surface area contributed by atoms with Crippen LogP contribution in [0.2, 0.25) is 0 Å². The summed E-state index contributed by atoms with van der Waals surface area (Å²) < 4.78 is 0. The maximum atomic E-state index is 12.4. The molecule has 2 N–H and O–H groups in total. The van der Waals surface area contributed by atoms with Crippen LogP contribution in [0.3, 0.4) is 0 Å². The fourth-order valence-corrected chi connectivity index (χ4v) is 2.42. The third-order valence-corrected chi connectivity index (χ3v) is 3.52. The van der Waals surface area contributed by atoms with E-state index in [0.717, 1.165) is 5.56 Å². The van der Waals surface area contributed by atoms with Gasteiger partial charge in [-0.25, -0.2) is 4.79 Å². The largest absolute Gasteiger partial charge is 0.480 e. The minimum atomic E-state index is -1.06. The number of carboxylic acid groups (broad SMARTS) is 1. The zero-order valence-corrected chi connectivity index (χ0v) is 10.7. The summed E-state index contributed by atoms with van der Waals surface area (Å²) in [5.41, 5.74) is 0.845. The summed E-state index contributed by atoms with van der Waals surface area (Å²) in [6.07, 6.45) is -0.657. The Morgan fingerprint density at radius 2 is 1.95 bits per heavy atom. The lowest BCUT2D eigenvalue weighted by Crippen LogP contribution is -2.42. The van der Waals surface area contributed by atoms with Gasteiger partial charge in [0.25, 0.3) is 0 Å². The fraction of sp³-hybridized carbons (Fsp3) is 0.429. The second-order valence-corrected chi connectivity index (χ2v) is 4.87. The highest BCUT2D eigenvalue weighted by Gasteiger charge is 2.40. The summed E-state index contributed by atoms with van der Waals surface area (Å²) in [6.45, 7) is 1.84. The van der Waals surface area contributed by atoms with E-state index in [9.17, 15) is 14.7 Å². The van der Waals surface area contributed by atoms with Crippen LogP contribution in [0, 0.1) is 0 Å². The maximum Gasteiger partial charge on any atom is 0.326 e. The molecule has 1 saturated heterocycles. The predicted octanol–water partition coefficient (Wildman–Crippen LogP) is 0.836. The molecule has 1 unspecified atom stereocenters. The number of carbonyl (C=O) groups excluding carboxylic acids is 1. The first-order valence-electron chi connectivity index (χ1n) is 6.27. The number of amides is 1. The van der Waals surface area contributed by atoms with Crippen molar-refractivity contribution >= 4 is 11.9 Å². The zero-order valence-electron chi connectivity index (χ0n) is 10.7. The van der Waals surface area contributed by atoms with Crippen molar-refractivity contribution in [2.45, 2.75) is 31.4 Å². The Hall–Kier alpha value is -1.88. The summed E-state index contributed by atoms with van der Waals surface area (Å²) in [5.74, 6) is -1.73. The van der Waals surface area contributed by atoms with E-state index in [0.29, 0.717) is 0 Å². The van der Waals surface area contributed by atoms with Crippen LogP contribution < -0.4 is 0 Å².